The molecule has 0 aromatic heterocycles. The summed E-state index contributed by atoms with van der Waals surface area (Å²) in [5, 5.41) is 0. The summed E-state index contributed by atoms with van der Waals surface area (Å²) >= 11 is 1.82. The summed E-state index contributed by atoms with van der Waals surface area (Å²) in [4.78, 5) is 7.56. The molecule has 6 heteroatoms. The molecule has 0 radical (unpaired) electrons. The Bertz CT molecular complexity index is 185. The third kappa shape index (κ3) is 9.00. The molecule has 0 bridgehead atoms. The highest BCUT2D eigenvalue weighted by Crippen LogP contribution is 1.98. The third-order valence-electron chi connectivity index (χ3n) is 1.27. The van der Waals surface area contributed by atoms with E-state index in [9.17, 15) is 0 Å². The zero-order valence-corrected chi connectivity index (χ0v) is 8.68. The van der Waals surface area contributed by atoms with Crippen LogP contribution in [0.2, 0.25) is 0 Å². The second-order valence-electron chi connectivity index (χ2n) is 2.48. The second kappa shape index (κ2) is 7.72. The number of thioether (sulfide) groups is 1. The van der Waals surface area contributed by atoms with Gasteiger partial charge < -0.3 is 17.2 Å². The highest BCUT2D eigenvalue weighted by atomic mass is 32.2. The van der Waals surface area contributed by atoms with Crippen molar-refractivity contribution in [2.24, 2.45) is 27.2 Å². The molecule has 6 N–H and O–H groups in total. The van der Waals surface area contributed by atoms with E-state index in [1.54, 1.807) is 0 Å². The lowest BCUT2D eigenvalue weighted by Crippen LogP contribution is -2.26. The van der Waals surface area contributed by atoms with Gasteiger partial charge in [-0.2, -0.15) is 16.8 Å². The predicted molar refractivity (Wildman–Crippen MR) is 59.9 cm³/mol. The zero-order chi connectivity index (χ0) is 10.1. The number of aliphatic imine (C=N–C) groups is 2. The van der Waals surface area contributed by atoms with E-state index >= 15 is 0 Å². The van der Waals surface area contributed by atoms with Crippen LogP contribution in [0.5, 0.6) is 0 Å². The first-order valence-corrected chi connectivity index (χ1v) is 5.44. The molecule has 76 valence electrons. The third-order valence-corrected chi connectivity index (χ3v) is 1.97. The summed E-state index contributed by atoms with van der Waals surface area (Å²) < 4.78 is 0. The fourth-order valence-corrected chi connectivity index (χ4v) is 1.21. The average Bonchev–Trinajstić information content (AvgIpc) is 2.02. The van der Waals surface area contributed by atoms with Crippen LogP contribution in [-0.4, -0.2) is 30.5 Å². The molecule has 0 amide bonds. The summed E-state index contributed by atoms with van der Waals surface area (Å²) in [6, 6.07) is 0. The van der Waals surface area contributed by atoms with Crippen LogP contribution in [0.15, 0.2) is 9.98 Å². The van der Waals surface area contributed by atoms with E-state index in [-0.39, 0.29) is 11.9 Å². The minimum atomic E-state index is -0.0506. The number of guanidine groups is 2. The first kappa shape index (κ1) is 12.1. The van der Waals surface area contributed by atoms with Crippen LogP contribution in [0, 0.1) is 0 Å². The van der Waals surface area contributed by atoms with Crippen LogP contribution in [0.25, 0.3) is 0 Å². The first-order valence-electron chi connectivity index (χ1n) is 4.05. The predicted octanol–water partition coefficient (Wildman–Crippen LogP) is -0.282. The van der Waals surface area contributed by atoms with Gasteiger partial charge in [0.2, 0.25) is 5.96 Å². The van der Waals surface area contributed by atoms with Gasteiger partial charge in [-0.15, -0.1) is 0 Å². The van der Waals surface area contributed by atoms with Gasteiger partial charge >= 0.3 is 0 Å². The van der Waals surface area contributed by atoms with E-state index in [0.717, 1.165) is 18.6 Å². The summed E-state index contributed by atoms with van der Waals surface area (Å²) in [6.07, 6.45) is 4.23. The van der Waals surface area contributed by atoms with Gasteiger partial charge in [0.15, 0.2) is 5.96 Å². The molecule has 0 aliphatic rings. The summed E-state index contributed by atoms with van der Waals surface area (Å²) in [7, 11) is 0. The Morgan fingerprint density at radius 2 is 1.92 bits per heavy atom. The topological polar surface area (TPSA) is 103 Å². The van der Waals surface area contributed by atoms with Crippen molar-refractivity contribution in [1.29, 1.82) is 0 Å². The lowest BCUT2D eigenvalue weighted by molar-refractivity contribution is 0.814. The maximum absolute atomic E-state index is 5.39. The largest absolute Gasteiger partial charge is 0.370 e. The van der Waals surface area contributed by atoms with Crippen LogP contribution >= 0.6 is 11.8 Å². The second-order valence-corrected chi connectivity index (χ2v) is 3.46. The first-order chi connectivity index (χ1) is 6.16. The Hall–Kier alpha value is -0.910. The Labute approximate surface area is 82.9 Å². The van der Waals surface area contributed by atoms with Crippen LogP contribution in [0.4, 0.5) is 0 Å². The summed E-state index contributed by atoms with van der Waals surface area (Å²) in [5.74, 6) is 1.26. The van der Waals surface area contributed by atoms with E-state index in [2.05, 4.69) is 16.2 Å². The van der Waals surface area contributed by atoms with Crippen molar-refractivity contribution < 1.29 is 0 Å². The fourth-order valence-electron chi connectivity index (χ4n) is 0.719. The quantitative estimate of drug-likeness (QED) is 0.325. The number of hydrogen-bond donors (Lipinski definition) is 3. The Morgan fingerprint density at radius 1 is 1.23 bits per heavy atom. The number of rotatable bonds is 5. The minimum Gasteiger partial charge on any atom is -0.370 e. The van der Waals surface area contributed by atoms with Gasteiger partial charge in [0.1, 0.15) is 0 Å². The molecule has 0 rings (SSSR count). The molecule has 0 aromatic rings. The SMILES string of the molecule is CSCCCCN=C(N)N=C(N)N. The van der Waals surface area contributed by atoms with Gasteiger partial charge in [0, 0.05) is 6.54 Å². The minimum absolute atomic E-state index is 0.0506. The lowest BCUT2D eigenvalue weighted by atomic mass is 10.3. The molecule has 0 aromatic carbocycles. The van der Waals surface area contributed by atoms with Gasteiger partial charge in [0.05, 0.1) is 0 Å². The zero-order valence-electron chi connectivity index (χ0n) is 7.86. The van der Waals surface area contributed by atoms with Gasteiger partial charge in [-0.3, -0.25) is 4.99 Å². The van der Waals surface area contributed by atoms with Gasteiger partial charge in [-0.05, 0) is 24.9 Å². The van der Waals surface area contributed by atoms with Crippen LogP contribution in [0.3, 0.4) is 0 Å². The van der Waals surface area contributed by atoms with Crippen molar-refractivity contribution in [3.63, 3.8) is 0 Å². The molecule has 5 nitrogen and oxygen atoms in total. The monoisotopic (exact) mass is 203 g/mol. The van der Waals surface area contributed by atoms with Crippen molar-refractivity contribution in [3.05, 3.63) is 0 Å². The van der Waals surface area contributed by atoms with Crippen molar-refractivity contribution in [3.8, 4) is 0 Å². The molecule has 0 saturated heterocycles. The van der Waals surface area contributed by atoms with Crippen LogP contribution in [0.1, 0.15) is 12.8 Å². The normalized spacial score (nSPS) is 11.3. The van der Waals surface area contributed by atoms with Gasteiger partial charge in [-0.1, -0.05) is 0 Å². The van der Waals surface area contributed by atoms with Gasteiger partial charge in [0.25, 0.3) is 0 Å². The van der Waals surface area contributed by atoms with Crippen molar-refractivity contribution in [2.75, 3.05) is 18.6 Å². The van der Waals surface area contributed by atoms with E-state index < -0.39 is 0 Å². The Balaban J connectivity index is 3.54. The van der Waals surface area contributed by atoms with Gasteiger partial charge in [-0.25, -0.2) is 0 Å². The molecule has 0 spiro atoms. The molecule has 13 heavy (non-hydrogen) atoms. The molecule has 0 fully saturated rings. The van der Waals surface area contributed by atoms with E-state index in [0.29, 0.717) is 6.54 Å². The van der Waals surface area contributed by atoms with Crippen molar-refractivity contribution >= 4 is 23.7 Å². The molecule has 0 heterocycles. The molecule has 0 aliphatic carbocycles. The Morgan fingerprint density at radius 3 is 2.46 bits per heavy atom. The standard InChI is InChI=1S/C7H17N5S/c1-13-5-3-2-4-11-7(10)12-6(8)9/h2-5H2,1H3,(H6,8,9,10,11,12). The van der Waals surface area contributed by atoms with Crippen LogP contribution < -0.4 is 17.2 Å². The summed E-state index contributed by atoms with van der Waals surface area (Å²) in [5.41, 5.74) is 15.6. The molecule has 0 unspecified atom stereocenters. The molecular weight excluding hydrogens is 186 g/mol. The smallest absolute Gasteiger partial charge is 0.218 e. The van der Waals surface area contributed by atoms with Crippen molar-refractivity contribution in [1.82, 2.24) is 0 Å². The molecule has 0 atom stereocenters. The van der Waals surface area contributed by atoms with Crippen molar-refractivity contribution in [2.45, 2.75) is 12.8 Å². The highest BCUT2D eigenvalue weighted by Gasteiger charge is 1.89. The van der Waals surface area contributed by atoms with Crippen LogP contribution in [-0.2, 0) is 0 Å². The number of hydrogen-bond acceptors (Lipinski definition) is 2. The van der Waals surface area contributed by atoms with E-state index in [4.69, 9.17) is 17.2 Å². The number of nitrogens with zero attached hydrogens (tertiary/aromatic N) is 2. The van der Waals surface area contributed by atoms with E-state index in [1.165, 1.54) is 0 Å². The fraction of sp³-hybridized carbons (Fsp3) is 0.714. The van der Waals surface area contributed by atoms with E-state index in [1.807, 2.05) is 11.8 Å². The number of unbranched alkanes of at least 4 members (excludes halogenated alkanes) is 1. The average molecular weight is 203 g/mol. The molecule has 0 saturated carbocycles. The Kier molecular flexibility index (Phi) is 7.18. The highest BCUT2D eigenvalue weighted by molar-refractivity contribution is 7.98. The molecule has 0 aliphatic heterocycles. The summed E-state index contributed by atoms with van der Waals surface area (Å²) in [6.45, 7) is 0.684. The maximum Gasteiger partial charge on any atom is 0.218 e. The molecular formula is C7H17N5S. The lowest BCUT2D eigenvalue weighted by Gasteiger charge is -1.96. The number of nitrogens with two attached hydrogens (primary N) is 3. The maximum atomic E-state index is 5.39.